The van der Waals surface area contributed by atoms with Crippen molar-refractivity contribution in [3.05, 3.63) is 59.7 Å². The maximum atomic E-state index is 12.6. The molecule has 0 aromatic heterocycles. The van der Waals surface area contributed by atoms with Crippen molar-refractivity contribution >= 4 is 18.0 Å². The molecule has 2 aromatic rings. The van der Waals surface area contributed by atoms with Gasteiger partial charge in [-0.2, -0.15) is 0 Å². The molecule has 2 amide bonds. The Balaban J connectivity index is 1.57. The normalized spacial score (nSPS) is 14.0. The molecule has 0 saturated carbocycles. The van der Waals surface area contributed by atoms with E-state index in [2.05, 4.69) is 34.9 Å². The number of alkyl carbamates (subject to hydrolysis) is 1. The molecule has 0 radical (unpaired) electrons. The highest BCUT2D eigenvalue weighted by Gasteiger charge is 2.29. The van der Waals surface area contributed by atoms with Crippen LogP contribution in [0.1, 0.15) is 63.0 Å². The van der Waals surface area contributed by atoms with Gasteiger partial charge in [-0.25, -0.2) is 4.79 Å². The first-order valence-corrected chi connectivity index (χ1v) is 11.6. The third-order valence-corrected chi connectivity index (χ3v) is 6.01. The van der Waals surface area contributed by atoms with Gasteiger partial charge in [0.1, 0.15) is 6.61 Å². The average molecular weight is 453 g/mol. The number of rotatable bonds is 11. The van der Waals surface area contributed by atoms with E-state index in [0.29, 0.717) is 12.8 Å². The predicted octanol–water partition coefficient (Wildman–Crippen LogP) is 4.45. The molecule has 0 aliphatic heterocycles. The van der Waals surface area contributed by atoms with Gasteiger partial charge in [-0.15, -0.1) is 0 Å². The van der Waals surface area contributed by atoms with Crippen LogP contribution in [-0.2, 0) is 14.3 Å². The topological polar surface area (TPSA) is 105 Å². The number of benzene rings is 2. The maximum Gasteiger partial charge on any atom is 0.407 e. The lowest BCUT2D eigenvalue weighted by atomic mass is 9.98. The Labute approximate surface area is 194 Å². The molecule has 1 aliphatic carbocycles. The fourth-order valence-electron chi connectivity index (χ4n) is 4.40. The summed E-state index contributed by atoms with van der Waals surface area (Å²) in [5.41, 5.74) is 4.60. The minimum Gasteiger partial charge on any atom is -0.481 e. The first-order chi connectivity index (χ1) is 15.9. The van der Waals surface area contributed by atoms with Crippen LogP contribution in [0.2, 0.25) is 0 Å². The molecule has 7 nitrogen and oxygen atoms in total. The maximum absolute atomic E-state index is 12.6. The van der Waals surface area contributed by atoms with Crippen molar-refractivity contribution in [2.24, 2.45) is 0 Å². The SMILES string of the molecule is CCC[C@@H](CC(=O)NC(CC)CC(=O)O)NC(=O)OCC1c2ccccc2-c2ccccc21. The van der Waals surface area contributed by atoms with Crippen LogP contribution in [0.4, 0.5) is 4.79 Å². The highest BCUT2D eigenvalue weighted by atomic mass is 16.5. The summed E-state index contributed by atoms with van der Waals surface area (Å²) in [5, 5.41) is 14.5. The number of aliphatic carboxylic acids is 1. The van der Waals surface area contributed by atoms with E-state index in [1.165, 1.54) is 0 Å². The second kappa shape index (κ2) is 11.5. The first-order valence-electron chi connectivity index (χ1n) is 11.6. The number of carboxylic acids is 1. The highest BCUT2D eigenvalue weighted by molar-refractivity contribution is 5.80. The number of hydrogen-bond acceptors (Lipinski definition) is 4. The van der Waals surface area contributed by atoms with Gasteiger partial charge < -0.3 is 20.5 Å². The molecular weight excluding hydrogens is 420 g/mol. The standard InChI is InChI=1S/C26H32N2O5/c1-3-9-18(14-24(29)27-17(4-2)15-25(30)31)28-26(32)33-16-23-21-12-7-5-10-19(21)20-11-6-8-13-22(20)23/h5-8,10-13,17-18,23H,3-4,9,14-16H2,1-2H3,(H,27,29)(H,28,32)(H,30,31)/t17?,18-/m0/s1. The van der Waals surface area contributed by atoms with Crippen LogP contribution in [-0.4, -0.2) is 41.8 Å². The monoisotopic (exact) mass is 452 g/mol. The molecule has 3 rings (SSSR count). The minimum absolute atomic E-state index is 0.0302. The summed E-state index contributed by atoms with van der Waals surface area (Å²) in [6.07, 6.45) is 1.33. The smallest absolute Gasteiger partial charge is 0.407 e. The summed E-state index contributed by atoms with van der Waals surface area (Å²) in [4.78, 5) is 35.9. The molecule has 0 saturated heterocycles. The van der Waals surface area contributed by atoms with E-state index in [1.807, 2.05) is 38.1 Å². The Hall–Kier alpha value is -3.35. The van der Waals surface area contributed by atoms with Crippen LogP contribution in [0.15, 0.2) is 48.5 Å². The number of fused-ring (bicyclic) bond motifs is 3. The summed E-state index contributed by atoms with van der Waals surface area (Å²) in [6.45, 7) is 4.01. The van der Waals surface area contributed by atoms with Crippen LogP contribution >= 0.6 is 0 Å². The second-order valence-corrected chi connectivity index (χ2v) is 8.43. The van der Waals surface area contributed by atoms with E-state index < -0.39 is 18.1 Å². The number of carboxylic acid groups (broad SMARTS) is 1. The molecule has 33 heavy (non-hydrogen) atoms. The van der Waals surface area contributed by atoms with Gasteiger partial charge in [0.05, 0.1) is 6.42 Å². The van der Waals surface area contributed by atoms with E-state index in [-0.39, 0.29) is 37.3 Å². The van der Waals surface area contributed by atoms with Gasteiger partial charge in [0, 0.05) is 24.4 Å². The fourth-order valence-corrected chi connectivity index (χ4v) is 4.40. The van der Waals surface area contributed by atoms with Gasteiger partial charge in [-0.3, -0.25) is 9.59 Å². The fraction of sp³-hybridized carbons (Fsp3) is 0.423. The van der Waals surface area contributed by atoms with Gasteiger partial charge >= 0.3 is 12.1 Å². The number of nitrogens with one attached hydrogen (secondary N) is 2. The number of amides is 2. The van der Waals surface area contributed by atoms with E-state index >= 15 is 0 Å². The molecule has 7 heteroatoms. The Morgan fingerprint density at radius 2 is 1.52 bits per heavy atom. The zero-order valence-corrected chi connectivity index (χ0v) is 19.2. The first kappa shape index (κ1) is 24.3. The van der Waals surface area contributed by atoms with Gasteiger partial charge in [0.2, 0.25) is 5.91 Å². The number of ether oxygens (including phenoxy) is 1. The molecule has 0 fully saturated rings. The Kier molecular flexibility index (Phi) is 8.46. The average Bonchev–Trinajstić information content (AvgIpc) is 3.11. The van der Waals surface area contributed by atoms with Crippen molar-refractivity contribution in [3.63, 3.8) is 0 Å². The molecule has 0 spiro atoms. The Morgan fingerprint density at radius 3 is 2.06 bits per heavy atom. The molecular formula is C26H32N2O5. The van der Waals surface area contributed by atoms with Gasteiger partial charge in [-0.1, -0.05) is 68.8 Å². The summed E-state index contributed by atoms with van der Waals surface area (Å²) in [5.74, 6) is -1.26. The van der Waals surface area contributed by atoms with Crippen molar-refractivity contribution in [1.29, 1.82) is 0 Å². The zero-order valence-electron chi connectivity index (χ0n) is 19.2. The van der Waals surface area contributed by atoms with Crippen LogP contribution in [0.5, 0.6) is 0 Å². The lowest BCUT2D eigenvalue weighted by Crippen LogP contribution is -2.42. The molecule has 176 valence electrons. The van der Waals surface area contributed by atoms with E-state index in [0.717, 1.165) is 28.7 Å². The van der Waals surface area contributed by atoms with Crippen molar-refractivity contribution in [2.45, 2.75) is 64.0 Å². The van der Waals surface area contributed by atoms with E-state index in [9.17, 15) is 14.4 Å². The van der Waals surface area contributed by atoms with E-state index in [4.69, 9.17) is 9.84 Å². The van der Waals surface area contributed by atoms with Gasteiger partial charge in [0.25, 0.3) is 0 Å². The van der Waals surface area contributed by atoms with Crippen LogP contribution in [0.25, 0.3) is 11.1 Å². The lowest BCUT2D eigenvalue weighted by molar-refractivity contribution is -0.137. The summed E-state index contributed by atoms with van der Waals surface area (Å²) >= 11 is 0. The molecule has 1 aliphatic rings. The zero-order chi connectivity index (χ0) is 23.8. The molecule has 0 heterocycles. The number of carbonyl (C=O) groups excluding carboxylic acids is 2. The summed E-state index contributed by atoms with van der Waals surface area (Å²) in [7, 11) is 0. The third kappa shape index (κ3) is 6.34. The van der Waals surface area contributed by atoms with Crippen LogP contribution in [0.3, 0.4) is 0 Å². The van der Waals surface area contributed by atoms with Crippen molar-refractivity contribution in [2.75, 3.05) is 6.61 Å². The Bertz CT molecular complexity index is 945. The minimum atomic E-state index is -0.955. The van der Waals surface area contributed by atoms with Crippen molar-refractivity contribution in [1.82, 2.24) is 10.6 Å². The lowest BCUT2D eigenvalue weighted by Gasteiger charge is -2.21. The van der Waals surface area contributed by atoms with Crippen LogP contribution in [0, 0.1) is 0 Å². The summed E-state index contributed by atoms with van der Waals surface area (Å²) < 4.78 is 5.59. The molecule has 2 aromatic carbocycles. The Morgan fingerprint density at radius 1 is 0.909 bits per heavy atom. The van der Waals surface area contributed by atoms with Crippen molar-refractivity contribution < 1.29 is 24.2 Å². The van der Waals surface area contributed by atoms with Gasteiger partial charge in [0.15, 0.2) is 0 Å². The highest BCUT2D eigenvalue weighted by Crippen LogP contribution is 2.44. The molecule has 1 unspecified atom stereocenters. The molecule has 3 N–H and O–H groups in total. The largest absolute Gasteiger partial charge is 0.481 e. The number of carbonyl (C=O) groups is 3. The summed E-state index contributed by atoms with van der Waals surface area (Å²) in [6, 6.07) is 15.5. The van der Waals surface area contributed by atoms with Gasteiger partial charge in [-0.05, 0) is 35.1 Å². The molecule has 2 atom stereocenters. The predicted molar refractivity (Wildman–Crippen MR) is 126 cm³/mol. The number of hydrogen-bond donors (Lipinski definition) is 3. The van der Waals surface area contributed by atoms with E-state index in [1.54, 1.807) is 0 Å². The quantitative estimate of drug-likeness (QED) is 0.467. The van der Waals surface area contributed by atoms with Crippen LogP contribution < -0.4 is 10.6 Å². The molecule has 0 bridgehead atoms. The third-order valence-electron chi connectivity index (χ3n) is 6.01. The second-order valence-electron chi connectivity index (χ2n) is 8.43. The van der Waals surface area contributed by atoms with Crippen molar-refractivity contribution in [3.8, 4) is 11.1 Å².